The smallest absolute Gasteiger partial charge is 0.304 e. The topological polar surface area (TPSA) is 86.2 Å². The Morgan fingerprint density at radius 1 is 1.00 bits per heavy atom. The summed E-state index contributed by atoms with van der Waals surface area (Å²) < 4.78 is 0. The highest BCUT2D eigenvalue weighted by Crippen LogP contribution is 1.84. The lowest BCUT2D eigenvalue weighted by atomic mass is 10.7. The van der Waals surface area contributed by atoms with Crippen molar-refractivity contribution in [1.82, 2.24) is 0 Å². The minimum absolute atomic E-state index is 0.597. The van der Waals surface area contributed by atoms with E-state index in [1.54, 1.807) is 0 Å². The zero-order valence-corrected chi connectivity index (χ0v) is 6.65. The van der Waals surface area contributed by atoms with Gasteiger partial charge in [0, 0.05) is 13.1 Å². The first-order chi connectivity index (χ1) is 4.56. The lowest BCUT2D eigenvalue weighted by Crippen LogP contribution is -2.11. The standard InChI is InChI=1S/C2Cl2O2.C2H8N2/c3-1(5)2(4)6;3-1-2-4/h;1-4H2. The van der Waals surface area contributed by atoms with Crippen molar-refractivity contribution in [2.24, 2.45) is 11.5 Å². The van der Waals surface area contributed by atoms with Crippen molar-refractivity contribution in [3.63, 3.8) is 0 Å². The van der Waals surface area contributed by atoms with Gasteiger partial charge in [0.2, 0.25) is 0 Å². The number of carbonyl (C=O) groups excluding carboxylic acids is 2. The second-order valence-corrected chi connectivity index (χ2v) is 1.81. The van der Waals surface area contributed by atoms with E-state index in [9.17, 15) is 9.59 Å². The zero-order valence-electron chi connectivity index (χ0n) is 5.14. The molecule has 0 rings (SSSR count). The fourth-order valence-corrected chi connectivity index (χ4v) is 0. The third-order valence-corrected chi connectivity index (χ3v) is 0.761. The summed E-state index contributed by atoms with van der Waals surface area (Å²) in [5.41, 5.74) is 9.81. The fraction of sp³-hybridized carbons (Fsp3) is 0.500. The number of nitrogens with two attached hydrogens (primary N) is 2. The van der Waals surface area contributed by atoms with E-state index in [0.29, 0.717) is 13.1 Å². The summed E-state index contributed by atoms with van der Waals surface area (Å²) in [5, 5.41) is -2.28. The first-order valence-electron chi connectivity index (χ1n) is 2.35. The van der Waals surface area contributed by atoms with E-state index in [2.05, 4.69) is 23.2 Å². The number of carbonyl (C=O) groups is 2. The number of hydrogen-bond donors (Lipinski definition) is 2. The van der Waals surface area contributed by atoms with Crippen molar-refractivity contribution in [1.29, 1.82) is 0 Å². The molecule has 0 aliphatic rings. The average Bonchev–Trinajstić information content (AvgIpc) is 1.89. The SMILES string of the molecule is NCCN.O=C(Cl)C(=O)Cl. The molecule has 4 N–H and O–H groups in total. The molecule has 0 atom stereocenters. The second-order valence-electron chi connectivity index (χ2n) is 1.12. The van der Waals surface area contributed by atoms with Crippen LogP contribution in [0.15, 0.2) is 0 Å². The maximum Gasteiger partial charge on any atom is 0.304 e. The number of hydrogen-bond acceptors (Lipinski definition) is 4. The normalized spacial score (nSPS) is 7.60. The molecule has 0 aromatic heterocycles. The van der Waals surface area contributed by atoms with E-state index < -0.39 is 10.5 Å². The van der Waals surface area contributed by atoms with Crippen LogP contribution < -0.4 is 11.5 Å². The van der Waals surface area contributed by atoms with Gasteiger partial charge in [-0.15, -0.1) is 0 Å². The molecule has 10 heavy (non-hydrogen) atoms. The fourth-order valence-electron chi connectivity index (χ4n) is 0. The lowest BCUT2D eigenvalue weighted by Gasteiger charge is -1.72. The number of rotatable bonds is 2. The van der Waals surface area contributed by atoms with Gasteiger partial charge >= 0.3 is 10.5 Å². The van der Waals surface area contributed by atoms with Crippen LogP contribution in [0.25, 0.3) is 0 Å². The first-order valence-corrected chi connectivity index (χ1v) is 3.11. The predicted molar refractivity (Wildman–Crippen MR) is 39.8 cm³/mol. The summed E-state index contributed by atoms with van der Waals surface area (Å²) >= 11 is 8.98. The van der Waals surface area contributed by atoms with Crippen LogP contribution in [0.1, 0.15) is 0 Å². The van der Waals surface area contributed by atoms with Gasteiger partial charge in [0.1, 0.15) is 0 Å². The van der Waals surface area contributed by atoms with Gasteiger partial charge in [-0.05, 0) is 23.2 Å². The van der Waals surface area contributed by atoms with Gasteiger partial charge in [-0.2, -0.15) is 0 Å². The van der Waals surface area contributed by atoms with Gasteiger partial charge < -0.3 is 11.5 Å². The van der Waals surface area contributed by atoms with Gasteiger partial charge in [0.25, 0.3) is 0 Å². The highest BCUT2D eigenvalue weighted by Gasteiger charge is 2.01. The Balaban J connectivity index is 0. The molecule has 0 radical (unpaired) electrons. The Bertz CT molecular complexity index is 104. The second kappa shape index (κ2) is 8.84. The van der Waals surface area contributed by atoms with E-state index in [1.807, 2.05) is 0 Å². The van der Waals surface area contributed by atoms with Gasteiger partial charge in [0.05, 0.1) is 0 Å². The molecule has 0 aromatic rings. The molecule has 0 aliphatic carbocycles. The van der Waals surface area contributed by atoms with Crippen molar-refractivity contribution >= 4 is 33.7 Å². The van der Waals surface area contributed by atoms with Crippen molar-refractivity contribution in [3.8, 4) is 0 Å². The maximum atomic E-state index is 9.43. The minimum Gasteiger partial charge on any atom is -0.329 e. The van der Waals surface area contributed by atoms with Crippen LogP contribution in [0.3, 0.4) is 0 Å². The summed E-state index contributed by atoms with van der Waals surface area (Å²) in [6.45, 7) is 1.19. The molecular weight excluding hydrogens is 179 g/mol. The molecule has 0 aromatic carbocycles. The van der Waals surface area contributed by atoms with E-state index in [-0.39, 0.29) is 0 Å². The highest BCUT2D eigenvalue weighted by molar-refractivity contribution is 6.97. The van der Waals surface area contributed by atoms with E-state index in [1.165, 1.54) is 0 Å². The predicted octanol–water partition coefficient (Wildman–Crippen LogP) is -0.579. The molecule has 0 saturated carbocycles. The molecule has 0 bridgehead atoms. The van der Waals surface area contributed by atoms with Gasteiger partial charge in [-0.25, -0.2) is 0 Å². The van der Waals surface area contributed by atoms with Crippen LogP contribution in [0.5, 0.6) is 0 Å². The first kappa shape index (κ1) is 12.5. The van der Waals surface area contributed by atoms with Crippen LogP contribution in [0, 0.1) is 0 Å². The van der Waals surface area contributed by atoms with Crippen molar-refractivity contribution in [2.45, 2.75) is 0 Å². The molecule has 0 fully saturated rings. The molecule has 0 heterocycles. The molecule has 0 spiro atoms. The summed E-state index contributed by atoms with van der Waals surface area (Å²) in [4.78, 5) is 18.9. The van der Waals surface area contributed by atoms with E-state index in [0.717, 1.165) is 0 Å². The Kier molecular flexibility index (Phi) is 11.1. The molecular formula is C4H8Cl2N2O2. The highest BCUT2D eigenvalue weighted by atomic mass is 35.5. The molecule has 0 amide bonds. The van der Waals surface area contributed by atoms with Crippen LogP contribution >= 0.6 is 23.2 Å². The zero-order chi connectivity index (χ0) is 8.57. The average molecular weight is 187 g/mol. The summed E-state index contributed by atoms with van der Waals surface area (Å²) in [7, 11) is 0. The molecule has 4 nitrogen and oxygen atoms in total. The van der Waals surface area contributed by atoms with Crippen LogP contribution in [0.4, 0.5) is 0 Å². The van der Waals surface area contributed by atoms with Crippen molar-refractivity contribution < 1.29 is 9.59 Å². The molecule has 6 heteroatoms. The molecule has 60 valence electrons. The minimum atomic E-state index is -1.14. The van der Waals surface area contributed by atoms with Gasteiger partial charge in [-0.1, -0.05) is 0 Å². The third kappa shape index (κ3) is 15.7. The van der Waals surface area contributed by atoms with Crippen molar-refractivity contribution in [3.05, 3.63) is 0 Å². The number of halogens is 2. The van der Waals surface area contributed by atoms with Crippen LogP contribution in [0.2, 0.25) is 0 Å². The molecule has 0 aliphatic heterocycles. The Morgan fingerprint density at radius 3 is 1.20 bits per heavy atom. The van der Waals surface area contributed by atoms with Crippen LogP contribution in [-0.4, -0.2) is 23.6 Å². The Labute approximate surface area is 68.4 Å². The molecule has 0 unspecified atom stereocenters. The Morgan fingerprint density at radius 2 is 1.20 bits per heavy atom. The summed E-state index contributed by atoms with van der Waals surface area (Å²) in [6, 6.07) is 0. The van der Waals surface area contributed by atoms with Crippen molar-refractivity contribution in [2.75, 3.05) is 13.1 Å². The monoisotopic (exact) mass is 186 g/mol. The summed E-state index contributed by atoms with van der Waals surface area (Å²) in [5.74, 6) is 0. The maximum absolute atomic E-state index is 9.43. The molecule has 0 saturated heterocycles. The third-order valence-electron chi connectivity index (χ3n) is 0.321. The lowest BCUT2D eigenvalue weighted by molar-refractivity contribution is -0.127. The Hall–Kier alpha value is -0.160. The van der Waals surface area contributed by atoms with E-state index in [4.69, 9.17) is 11.5 Å². The van der Waals surface area contributed by atoms with Gasteiger partial charge in [-0.3, -0.25) is 9.59 Å². The summed E-state index contributed by atoms with van der Waals surface area (Å²) in [6.07, 6.45) is 0. The van der Waals surface area contributed by atoms with Crippen LogP contribution in [-0.2, 0) is 9.59 Å². The van der Waals surface area contributed by atoms with E-state index >= 15 is 0 Å². The largest absolute Gasteiger partial charge is 0.329 e. The van der Waals surface area contributed by atoms with Gasteiger partial charge in [0.15, 0.2) is 0 Å². The quantitative estimate of drug-likeness (QED) is 0.447.